The Hall–Kier alpha value is -2.61. The van der Waals surface area contributed by atoms with Crippen molar-refractivity contribution in [3.8, 4) is 5.75 Å². The minimum atomic E-state index is -0.787. The van der Waals surface area contributed by atoms with E-state index in [0.29, 0.717) is 64.4 Å². The lowest BCUT2D eigenvalue weighted by Crippen LogP contribution is -2.74. The second kappa shape index (κ2) is 11.2. The summed E-state index contributed by atoms with van der Waals surface area (Å²) in [5, 5.41) is 3.84. The molecule has 0 aliphatic carbocycles. The number of alkyl halides is 1. The Morgan fingerprint density at radius 1 is 1.28 bits per heavy atom. The van der Waals surface area contributed by atoms with Gasteiger partial charge in [-0.15, -0.1) is 0 Å². The molecule has 1 aliphatic rings. The van der Waals surface area contributed by atoms with Crippen LogP contribution in [-0.4, -0.2) is 78.7 Å². The molecule has 9 nitrogen and oxygen atoms in total. The van der Waals surface area contributed by atoms with Gasteiger partial charge in [0, 0.05) is 54.7 Å². The zero-order valence-corrected chi connectivity index (χ0v) is 22.7. The number of anilines is 2. The van der Waals surface area contributed by atoms with E-state index in [1.165, 1.54) is 6.33 Å². The number of rotatable bonds is 11. The summed E-state index contributed by atoms with van der Waals surface area (Å²) in [7, 11) is 5.13. The van der Waals surface area contributed by atoms with E-state index in [-0.39, 0.29) is 11.7 Å². The van der Waals surface area contributed by atoms with E-state index >= 15 is 0 Å². The number of hydrogen-bond acceptors (Lipinski definition) is 8. The van der Waals surface area contributed by atoms with E-state index < -0.39 is 5.54 Å². The summed E-state index contributed by atoms with van der Waals surface area (Å²) in [5.41, 5.74) is 7.51. The Kier molecular flexibility index (Phi) is 8.23. The van der Waals surface area contributed by atoms with Crippen LogP contribution in [0.1, 0.15) is 11.1 Å². The maximum Gasteiger partial charge on any atom is 0.240 e. The third kappa shape index (κ3) is 5.10. The molecule has 3 N–H and O–H groups in total. The van der Waals surface area contributed by atoms with E-state index in [2.05, 4.69) is 42.8 Å². The lowest BCUT2D eigenvalue weighted by Gasteiger charge is -2.52. The summed E-state index contributed by atoms with van der Waals surface area (Å²) < 4.78 is 26.3. The number of carbonyl (C=O) groups excluding carboxylic acids is 1. The van der Waals surface area contributed by atoms with Crippen molar-refractivity contribution >= 4 is 50.9 Å². The van der Waals surface area contributed by atoms with Crippen LogP contribution in [0.3, 0.4) is 0 Å². The van der Waals surface area contributed by atoms with Crippen LogP contribution in [0.2, 0.25) is 0 Å². The summed E-state index contributed by atoms with van der Waals surface area (Å²) in [6.07, 6.45) is 1.43. The zero-order valence-electron chi connectivity index (χ0n) is 20.6. The van der Waals surface area contributed by atoms with Gasteiger partial charge in [0.2, 0.25) is 5.91 Å². The van der Waals surface area contributed by atoms with E-state index in [9.17, 15) is 9.18 Å². The second-order valence-corrected chi connectivity index (χ2v) is 9.66. The van der Waals surface area contributed by atoms with Crippen molar-refractivity contribution in [2.45, 2.75) is 16.5 Å². The zero-order chi connectivity index (χ0) is 25.9. The van der Waals surface area contributed by atoms with Gasteiger partial charge in [-0.3, -0.25) is 14.6 Å². The molecule has 0 radical (unpaired) electrons. The van der Waals surface area contributed by atoms with E-state index in [4.69, 9.17) is 15.2 Å². The second-order valence-electron chi connectivity index (χ2n) is 8.90. The highest BCUT2D eigenvalue weighted by molar-refractivity contribution is 14.1. The highest BCUT2D eigenvalue weighted by atomic mass is 127. The van der Waals surface area contributed by atoms with Gasteiger partial charge >= 0.3 is 0 Å². The molecule has 4 rings (SSSR count). The maximum atomic E-state index is 14.9. The number of aromatic nitrogens is 2. The van der Waals surface area contributed by atoms with Crippen molar-refractivity contribution in [2.24, 2.45) is 5.73 Å². The van der Waals surface area contributed by atoms with Crippen LogP contribution in [0.15, 0.2) is 36.7 Å². The molecular weight excluding hydrogens is 578 g/mol. The van der Waals surface area contributed by atoms with Crippen LogP contribution in [-0.2, 0) is 20.5 Å². The minimum absolute atomic E-state index is 0.307. The first-order valence-electron chi connectivity index (χ1n) is 11.5. The van der Waals surface area contributed by atoms with Gasteiger partial charge in [0.15, 0.2) is 5.82 Å². The number of benzene rings is 2. The average molecular weight is 608 g/mol. The summed E-state index contributed by atoms with van der Waals surface area (Å²) in [6.45, 7) is 2.79. The van der Waals surface area contributed by atoms with Gasteiger partial charge in [-0.1, -0.05) is 34.7 Å². The smallest absolute Gasteiger partial charge is 0.240 e. The lowest BCUT2D eigenvalue weighted by molar-refractivity contribution is -0.143. The fourth-order valence-electron chi connectivity index (χ4n) is 4.51. The number of carbonyl (C=O) groups is 1. The molecule has 0 atom stereocenters. The SMILES string of the molecule is COCCN1CC(C(N)=O)(N(C)Cc2cc3c(Nc4cccc(CI)c4F)ncnc3cc2OC)C1. The number of halogens is 2. The van der Waals surface area contributed by atoms with Gasteiger partial charge in [0.05, 0.1) is 24.9 Å². The predicted molar refractivity (Wildman–Crippen MR) is 145 cm³/mol. The Labute approximate surface area is 223 Å². The molecule has 0 saturated carbocycles. The predicted octanol–water partition coefficient (Wildman–Crippen LogP) is 3.07. The van der Waals surface area contributed by atoms with Crippen LogP contribution in [0.5, 0.6) is 5.75 Å². The molecule has 2 aromatic carbocycles. The fourth-order valence-corrected chi connectivity index (χ4v) is 5.10. The van der Waals surface area contributed by atoms with Gasteiger partial charge in [-0.25, -0.2) is 14.4 Å². The van der Waals surface area contributed by atoms with Crippen molar-refractivity contribution in [3.63, 3.8) is 0 Å². The largest absolute Gasteiger partial charge is 0.496 e. The molecular formula is C25H30FIN6O3. The van der Waals surface area contributed by atoms with E-state index in [0.717, 1.165) is 12.1 Å². The molecule has 2 heterocycles. The number of nitrogens with one attached hydrogen (secondary N) is 1. The van der Waals surface area contributed by atoms with E-state index in [1.54, 1.807) is 26.4 Å². The number of likely N-dealkylation sites (tertiary alicyclic amines) is 1. The number of methoxy groups -OCH3 is 2. The third-order valence-electron chi connectivity index (χ3n) is 6.69. The first kappa shape index (κ1) is 26.5. The standard InChI is InChI=1S/C25H30FIN6O3/c1-32(25(24(28)34)13-33(14-25)7-8-35-2)12-17-9-18-20(10-21(17)36-3)29-15-30-23(18)31-19-6-4-5-16(11-27)22(19)26/h4-6,9-10,15H,7-8,11-14H2,1-3H3,(H2,28,34)(H,29,30,31). The van der Waals surface area contributed by atoms with Crippen molar-refractivity contribution in [1.82, 2.24) is 19.8 Å². The summed E-state index contributed by atoms with van der Waals surface area (Å²) >= 11 is 2.14. The Bertz CT molecular complexity index is 1250. The summed E-state index contributed by atoms with van der Waals surface area (Å²) in [5.74, 6) is 0.440. The van der Waals surface area contributed by atoms with Crippen LogP contribution in [0.4, 0.5) is 15.9 Å². The molecule has 0 bridgehead atoms. The quantitative estimate of drug-likeness (QED) is 0.253. The van der Waals surface area contributed by atoms with E-state index in [1.807, 2.05) is 30.1 Å². The molecule has 11 heteroatoms. The molecule has 36 heavy (non-hydrogen) atoms. The first-order chi connectivity index (χ1) is 17.3. The number of hydrogen-bond donors (Lipinski definition) is 2. The Balaban J connectivity index is 1.65. The number of amides is 1. The van der Waals surface area contributed by atoms with Crippen molar-refractivity contribution in [2.75, 3.05) is 52.8 Å². The van der Waals surface area contributed by atoms with Gasteiger partial charge in [-0.2, -0.15) is 0 Å². The third-order valence-corrected chi connectivity index (χ3v) is 7.51. The van der Waals surface area contributed by atoms with Crippen LogP contribution >= 0.6 is 22.6 Å². The van der Waals surface area contributed by atoms with Crippen LogP contribution in [0, 0.1) is 5.82 Å². The first-order valence-corrected chi connectivity index (χ1v) is 13.0. The summed E-state index contributed by atoms with van der Waals surface area (Å²) in [4.78, 5) is 25.3. The molecule has 1 amide bonds. The van der Waals surface area contributed by atoms with Crippen LogP contribution in [0.25, 0.3) is 10.9 Å². The van der Waals surface area contributed by atoms with Crippen molar-refractivity contribution in [1.29, 1.82) is 0 Å². The molecule has 1 aromatic heterocycles. The molecule has 3 aromatic rings. The van der Waals surface area contributed by atoms with Crippen molar-refractivity contribution < 1.29 is 18.7 Å². The number of likely N-dealkylation sites (N-methyl/N-ethyl adjacent to an activating group) is 1. The Morgan fingerprint density at radius 3 is 2.72 bits per heavy atom. The number of nitrogens with zero attached hydrogens (tertiary/aromatic N) is 4. The normalized spacial score (nSPS) is 15.2. The molecule has 1 aliphatic heterocycles. The minimum Gasteiger partial charge on any atom is -0.496 e. The average Bonchev–Trinajstić information content (AvgIpc) is 2.84. The van der Waals surface area contributed by atoms with Gasteiger partial charge in [0.1, 0.15) is 23.4 Å². The topological polar surface area (TPSA) is 106 Å². The number of ether oxygens (including phenoxy) is 2. The highest BCUT2D eigenvalue weighted by Gasteiger charge is 2.50. The molecule has 0 spiro atoms. The number of fused-ring (bicyclic) bond motifs is 1. The maximum absolute atomic E-state index is 14.9. The molecule has 192 valence electrons. The molecule has 1 saturated heterocycles. The molecule has 1 fully saturated rings. The van der Waals surface area contributed by atoms with Gasteiger partial charge in [-0.05, 0) is 24.7 Å². The Morgan fingerprint density at radius 2 is 2.06 bits per heavy atom. The number of primary amides is 1. The lowest BCUT2D eigenvalue weighted by atomic mass is 9.86. The monoisotopic (exact) mass is 608 g/mol. The van der Waals surface area contributed by atoms with Crippen LogP contribution < -0.4 is 15.8 Å². The highest BCUT2D eigenvalue weighted by Crippen LogP contribution is 2.34. The van der Waals surface area contributed by atoms with Crippen molar-refractivity contribution in [3.05, 3.63) is 53.6 Å². The molecule has 0 unspecified atom stereocenters. The number of nitrogens with two attached hydrogens (primary N) is 1. The summed E-state index contributed by atoms with van der Waals surface area (Å²) in [6, 6.07) is 8.99. The fraction of sp³-hybridized carbons (Fsp3) is 0.400. The van der Waals surface area contributed by atoms with Gasteiger partial charge < -0.3 is 20.5 Å². The van der Waals surface area contributed by atoms with Gasteiger partial charge in [0.25, 0.3) is 0 Å².